The third-order valence-electron chi connectivity index (χ3n) is 0.994. The Labute approximate surface area is 50.8 Å². The van der Waals surface area contributed by atoms with Gasteiger partial charge < -0.3 is 5.32 Å². The molecule has 0 aliphatic heterocycles. The van der Waals surface area contributed by atoms with Crippen LogP contribution in [0.5, 0.6) is 0 Å². The van der Waals surface area contributed by atoms with Crippen LogP contribution >= 0.6 is 0 Å². The molecular weight excluding hydrogens is 100 g/mol. The van der Waals surface area contributed by atoms with E-state index in [0.29, 0.717) is 0 Å². The summed E-state index contributed by atoms with van der Waals surface area (Å²) in [6.45, 7) is 3.06. The van der Waals surface area contributed by atoms with E-state index in [1.807, 2.05) is 0 Å². The molecule has 1 radical (unpaired) electrons. The predicted octanol–water partition coefficient (Wildman–Crippen LogP) is 1.25. The van der Waals surface area contributed by atoms with E-state index < -0.39 is 0 Å². The molecule has 0 bridgehead atoms. The van der Waals surface area contributed by atoms with Crippen molar-refractivity contribution in [1.29, 1.82) is 5.41 Å². The number of nitrogens with one attached hydrogen (secondary N) is 2. The Bertz CT molecular complexity index is 52.5. The van der Waals surface area contributed by atoms with Crippen molar-refractivity contribution in [3.8, 4) is 0 Å². The zero-order valence-corrected chi connectivity index (χ0v) is 5.33. The van der Waals surface area contributed by atoms with E-state index in [-0.39, 0.29) is 0 Å². The van der Waals surface area contributed by atoms with Gasteiger partial charge in [0.1, 0.15) is 0 Å². The second-order valence-electron chi connectivity index (χ2n) is 1.76. The summed E-state index contributed by atoms with van der Waals surface area (Å²) in [5.74, 6) is 0. The first kappa shape index (κ1) is 7.47. The molecule has 0 atom stereocenters. The van der Waals surface area contributed by atoms with Crippen LogP contribution in [-0.4, -0.2) is 12.9 Å². The maximum atomic E-state index is 6.48. The van der Waals surface area contributed by atoms with Crippen molar-refractivity contribution in [2.45, 2.75) is 26.2 Å². The van der Waals surface area contributed by atoms with E-state index in [1.54, 1.807) is 0 Å². The first-order valence-corrected chi connectivity index (χ1v) is 3.06. The van der Waals surface area contributed by atoms with Crippen molar-refractivity contribution < 1.29 is 0 Å². The van der Waals surface area contributed by atoms with E-state index >= 15 is 0 Å². The highest BCUT2D eigenvalue weighted by Gasteiger charge is 1.80. The van der Waals surface area contributed by atoms with Gasteiger partial charge in [0.15, 0.2) is 6.34 Å². The van der Waals surface area contributed by atoms with Crippen molar-refractivity contribution in [3.05, 3.63) is 0 Å². The molecule has 0 heterocycles. The van der Waals surface area contributed by atoms with Gasteiger partial charge in [-0.3, -0.25) is 5.41 Å². The third-order valence-corrected chi connectivity index (χ3v) is 0.994. The van der Waals surface area contributed by atoms with Gasteiger partial charge in [-0.1, -0.05) is 19.8 Å². The lowest BCUT2D eigenvalue weighted by Gasteiger charge is -1.94. The minimum Gasteiger partial charge on any atom is -0.367 e. The van der Waals surface area contributed by atoms with Gasteiger partial charge in [0, 0.05) is 6.54 Å². The highest BCUT2D eigenvalue weighted by atomic mass is 14.9. The Morgan fingerprint density at radius 3 is 2.75 bits per heavy atom. The van der Waals surface area contributed by atoms with E-state index in [9.17, 15) is 0 Å². The van der Waals surface area contributed by atoms with Crippen LogP contribution in [0.15, 0.2) is 0 Å². The van der Waals surface area contributed by atoms with Crippen LogP contribution in [0, 0.1) is 5.41 Å². The second kappa shape index (κ2) is 6.47. The summed E-state index contributed by atoms with van der Waals surface area (Å²) in [6.07, 6.45) is 5.76. The van der Waals surface area contributed by atoms with Gasteiger partial charge in [0.25, 0.3) is 0 Å². The molecule has 0 aromatic carbocycles. The fourth-order valence-corrected chi connectivity index (χ4v) is 0.526. The highest BCUT2D eigenvalue weighted by Crippen LogP contribution is 1.89. The summed E-state index contributed by atoms with van der Waals surface area (Å²) in [4.78, 5) is 0. The van der Waals surface area contributed by atoms with Gasteiger partial charge in [-0.2, -0.15) is 0 Å². The number of hydrogen-bond donors (Lipinski definition) is 2. The smallest absolute Gasteiger partial charge is 0.161 e. The van der Waals surface area contributed by atoms with Gasteiger partial charge >= 0.3 is 0 Å². The average Bonchev–Trinajstić information content (AvgIpc) is 1.81. The lowest BCUT2D eigenvalue weighted by Crippen LogP contribution is -2.10. The summed E-state index contributed by atoms with van der Waals surface area (Å²) in [7, 11) is 0. The maximum absolute atomic E-state index is 6.48. The Kier molecular flexibility index (Phi) is 6.04. The molecule has 0 saturated heterocycles. The summed E-state index contributed by atoms with van der Waals surface area (Å²) < 4.78 is 0. The number of unbranched alkanes of at least 4 members (excludes halogenated alkanes) is 2. The van der Waals surface area contributed by atoms with E-state index in [2.05, 4.69) is 18.6 Å². The topological polar surface area (TPSA) is 35.9 Å². The minimum atomic E-state index is 0.900. The lowest BCUT2D eigenvalue weighted by atomic mass is 10.2. The molecule has 0 aromatic heterocycles. The lowest BCUT2D eigenvalue weighted by molar-refractivity contribution is 0.698. The molecule has 0 unspecified atom stereocenters. The molecule has 8 heavy (non-hydrogen) atoms. The summed E-state index contributed by atoms with van der Waals surface area (Å²) >= 11 is 0. The fourth-order valence-electron chi connectivity index (χ4n) is 0.526. The molecule has 2 nitrogen and oxygen atoms in total. The molecule has 2 N–H and O–H groups in total. The quantitative estimate of drug-likeness (QED) is 0.239. The van der Waals surface area contributed by atoms with Gasteiger partial charge in [-0.25, -0.2) is 0 Å². The Morgan fingerprint density at radius 2 is 2.25 bits per heavy atom. The zero-order valence-electron chi connectivity index (χ0n) is 5.33. The standard InChI is InChI=1S/C6H13N2/c1-2-3-4-5-8-6-7/h2-5H2,1H3,(H2,7,8). The average molecular weight is 113 g/mol. The summed E-state index contributed by atoms with van der Waals surface area (Å²) in [5.41, 5.74) is 0. The Balaban J connectivity index is 2.62. The van der Waals surface area contributed by atoms with Crippen molar-refractivity contribution in [3.63, 3.8) is 0 Å². The van der Waals surface area contributed by atoms with E-state index in [1.165, 1.54) is 12.8 Å². The largest absolute Gasteiger partial charge is 0.367 e. The molecule has 0 saturated carbocycles. The Hall–Kier alpha value is -0.530. The van der Waals surface area contributed by atoms with Crippen LogP contribution in [0.4, 0.5) is 0 Å². The van der Waals surface area contributed by atoms with Crippen LogP contribution < -0.4 is 5.32 Å². The van der Waals surface area contributed by atoms with Gasteiger partial charge in [0.2, 0.25) is 0 Å². The van der Waals surface area contributed by atoms with Crippen LogP contribution in [0.3, 0.4) is 0 Å². The molecule has 2 heteroatoms. The molecule has 47 valence electrons. The predicted molar refractivity (Wildman–Crippen MR) is 35.3 cm³/mol. The number of rotatable bonds is 5. The van der Waals surface area contributed by atoms with Crippen LogP contribution in [0.2, 0.25) is 0 Å². The highest BCUT2D eigenvalue weighted by molar-refractivity contribution is 5.49. The molecule has 0 aliphatic carbocycles. The van der Waals surface area contributed by atoms with Crippen molar-refractivity contribution in [2.24, 2.45) is 0 Å². The minimum absolute atomic E-state index is 0.900. The number of hydrogen-bond acceptors (Lipinski definition) is 1. The van der Waals surface area contributed by atoms with Crippen LogP contribution in [0.1, 0.15) is 26.2 Å². The second-order valence-corrected chi connectivity index (χ2v) is 1.76. The van der Waals surface area contributed by atoms with Crippen molar-refractivity contribution in [2.75, 3.05) is 6.54 Å². The molecule has 0 aliphatic rings. The van der Waals surface area contributed by atoms with Gasteiger partial charge in [0.05, 0.1) is 0 Å². The molecule has 0 aromatic rings. The first-order valence-electron chi connectivity index (χ1n) is 3.06. The van der Waals surface area contributed by atoms with Crippen LogP contribution in [-0.2, 0) is 0 Å². The van der Waals surface area contributed by atoms with Gasteiger partial charge in [-0.15, -0.1) is 0 Å². The summed E-state index contributed by atoms with van der Waals surface area (Å²) in [6, 6.07) is 0. The fraction of sp³-hybridized carbons (Fsp3) is 0.833. The maximum Gasteiger partial charge on any atom is 0.161 e. The Morgan fingerprint density at radius 1 is 1.50 bits per heavy atom. The zero-order chi connectivity index (χ0) is 6.24. The monoisotopic (exact) mass is 113 g/mol. The molecule has 0 rings (SSSR count). The van der Waals surface area contributed by atoms with E-state index in [0.717, 1.165) is 13.0 Å². The molecular formula is C6H13N2. The normalized spacial score (nSPS) is 8.62. The van der Waals surface area contributed by atoms with Crippen molar-refractivity contribution in [1.82, 2.24) is 5.32 Å². The third kappa shape index (κ3) is 5.47. The van der Waals surface area contributed by atoms with Crippen LogP contribution in [0.25, 0.3) is 0 Å². The van der Waals surface area contributed by atoms with Gasteiger partial charge in [-0.05, 0) is 6.42 Å². The summed E-state index contributed by atoms with van der Waals surface area (Å²) in [5, 5.41) is 9.18. The molecule has 0 fully saturated rings. The van der Waals surface area contributed by atoms with E-state index in [4.69, 9.17) is 5.41 Å². The first-order chi connectivity index (χ1) is 3.91. The molecule has 0 amide bonds. The SMILES string of the molecule is CCCCCN[C]=N. The molecule has 0 spiro atoms. The van der Waals surface area contributed by atoms with Crippen molar-refractivity contribution >= 4 is 6.34 Å².